The molecule has 0 atom stereocenters. The molecular weight excluding hydrogens is 475 g/mol. The molecule has 0 unspecified atom stereocenters. The average molecular weight is 504 g/mol. The minimum atomic E-state index is -4.45. The quantitative estimate of drug-likeness (QED) is 0.424. The zero-order valence-electron chi connectivity index (χ0n) is 20.0. The highest BCUT2D eigenvalue weighted by Crippen LogP contribution is 2.35. The monoisotopic (exact) mass is 503 g/mol. The van der Waals surface area contributed by atoms with E-state index in [1.807, 2.05) is 49.3 Å². The standard InChI is InChI=1S/C24H28F3N7S/c1-4-32(5-2)22-29-20(17-8-6-9-18(16-17)35-3)30-23(31-22)34-14-12-33(13-15-34)21-19(24(25,26)27)10-7-11-28-21/h6-11,16H,4-5,12-15H2,1-3H3. The molecule has 0 spiro atoms. The number of aromatic nitrogens is 4. The number of nitrogens with zero attached hydrogens (tertiary/aromatic N) is 7. The molecule has 186 valence electrons. The summed E-state index contributed by atoms with van der Waals surface area (Å²) in [6, 6.07) is 10.4. The van der Waals surface area contributed by atoms with E-state index < -0.39 is 11.7 Å². The van der Waals surface area contributed by atoms with Crippen LogP contribution in [0.2, 0.25) is 0 Å². The highest BCUT2D eigenvalue weighted by atomic mass is 32.2. The van der Waals surface area contributed by atoms with Crippen molar-refractivity contribution in [1.29, 1.82) is 0 Å². The first-order valence-corrected chi connectivity index (χ1v) is 12.7. The van der Waals surface area contributed by atoms with Gasteiger partial charge in [0.25, 0.3) is 0 Å². The van der Waals surface area contributed by atoms with Crippen LogP contribution in [0.4, 0.5) is 30.9 Å². The van der Waals surface area contributed by atoms with Gasteiger partial charge in [-0.25, -0.2) is 4.98 Å². The van der Waals surface area contributed by atoms with Gasteiger partial charge in [-0.1, -0.05) is 12.1 Å². The van der Waals surface area contributed by atoms with Crippen molar-refractivity contribution in [3.8, 4) is 11.4 Å². The summed E-state index contributed by atoms with van der Waals surface area (Å²) in [5.74, 6) is 1.67. The van der Waals surface area contributed by atoms with Gasteiger partial charge in [0.15, 0.2) is 5.82 Å². The molecule has 0 bridgehead atoms. The molecule has 4 rings (SSSR count). The third kappa shape index (κ3) is 5.61. The van der Waals surface area contributed by atoms with Gasteiger partial charge in [-0.05, 0) is 44.4 Å². The Kier molecular flexibility index (Phi) is 7.63. The molecule has 0 amide bonds. The van der Waals surface area contributed by atoms with E-state index in [1.165, 1.54) is 12.3 Å². The summed E-state index contributed by atoms with van der Waals surface area (Å²) >= 11 is 1.65. The Labute approximate surface area is 207 Å². The maximum absolute atomic E-state index is 13.5. The van der Waals surface area contributed by atoms with Crippen molar-refractivity contribution in [2.45, 2.75) is 24.9 Å². The summed E-state index contributed by atoms with van der Waals surface area (Å²) in [7, 11) is 0. The Morgan fingerprint density at radius 2 is 1.66 bits per heavy atom. The lowest BCUT2D eigenvalue weighted by atomic mass is 10.2. The normalized spacial score (nSPS) is 14.3. The Morgan fingerprint density at radius 3 is 2.31 bits per heavy atom. The van der Waals surface area contributed by atoms with Crippen molar-refractivity contribution >= 4 is 29.5 Å². The highest BCUT2D eigenvalue weighted by molar-refractivity contribution is 7.98. The Hall–Kier alpha value is -3.08. The summed E-state index contributed by atoms with van der Waals surface area (Å²) < 4.78 is 40.4. The molecule has 0 aliphatic carbocycles. The van der Waals surface area contributed by atoms with Crippen LogP contribution in [-0.4, -0.2) is 65.5 Å². The number of thioether (sulfide) groups is 1. The van der Waals surface area contributed by atoms with Crippen molar-refractivity contribution in [3.05, 3.63) is 48.2 Å². The van der Waals surface area contributed by atoms with E-state index in [9.17, 15) is 13.2 Å². The van der Waals surface area contributed by atoms with Gasteiger partial charge in [0, 0.05) is 55.9 Å². The van der Waals surface area contributed by atoms with Crippen LogP contribution in [-0.2, 0) is 6.18 Å². The van der Waals surface area contributed by atoms with E-state index in [0.29, 0.717) is 43.9 Å². The lowest BCUT2D eigenvalue weighted by Gasteiger charge is -2.36. The fourth-order valence-electron chi connectivity index (χ4n) is 4.02. The SMILES string of the molecule is CCN(CC)c1nc(-c2cccc(SC)c2)nc(N2CCN(c3ncccc3C(F)(F)F)CC2)n1. The molecule has 3 heterocycles. The smallest absolute Gasteiger partial charge is 0.353 e. The number of alkyl halides is 3. The van der Waals surface area contributed by atoms with Crippen LogP contribution in [0, 0.1) is 0 Å². The van der Waals surface area contributed by atoms with Crippen LogP contribution in [0.5, 0.6) is 0 Å². The molecule has 11 heteroatoms. The number of rotatable bonds is 7. The summed E-state index contributed by atoms with van der Waals surface area (Å²) in [6.45, 7) is 7.29. The molecule has 1 fully saturated rings. The predicted octanol–water partition coefficient (Wildman–Crippen LogP) is 4.85. The van der Waals surface area contributed by atoms with Gasteiger partial charge in [0.05, 0.1) is 5.56 Å². The van der Waals surface area contributed by atoms with Crippen molar-refractivity contribution in [2.75, 3.05) is 60.2 Å². The first-order valence-electron chi connectivity index (χ1n) is 11.5. The molecule has 7 nitrogen and oxygen atoms in total. The van der Waals surface area contributed by atoms with E-state index in [2.05, 4.69) is 9.88 Å². The molecule has 1 aliphatic heterocycles. The molecule has 2 aromatic heterocycles. The predicted molar refractivity (Wildman–Crippen MR) is 134 cm³/mol. The largest absolute Gasteiger partial charge is 0.419 e. The summed E-state index contributed by atoms with van der Waals surface area (Å²) in [5.41, 5.74) is 0.184. The van der Waals surface area contributed by atoms with E-state index in [-0.39, 0.29) is 5.82 Å². The minimum absolute atomic E-state index is 0.0336. The second-order valence-electron chi connectivity index (χ2n) is 8.01. The van der Waals surface area contributed by atoms with E-state index >= 15 is 0 Å². The average Bonchev–Trinajstić information content (AvgIpc) is 2.89. The maximum atomic E-state index is 13.5. The first-order chi connectivity index (χ1) is 16.8. The van der Waals surface area contributed by atoms with Gasteiger partial charge < -0.3 is 14.7 Å². The molecule has 0 N–H and O–H groups in total. The zero-order valence-corrected chi connectivity index (χ0v) is 20.8. The van der Waals surface area contributed by atoms with Crippen LogP contribution in [0.1, 0.15) is 19.4 Å². The van der Waals surface area contributed by atoms with Gasteiger partial charge in [-0.2, -0.15) is 28.1 Å². The summed E-state index contributed by atoms with van der Waals surface area (Å²) in [6.07, 6.45) is -1.04. The number of piperazine rings is 1. The molecule has 1 saturated heterocycles. The van der Waals surface area contributed by atoms with Crippen molar-refractivity contribution < 1.29 is 13.2 Å². The van der Waals surface area contributed by atoms with E-state index in [0.717, 1.165) is 29.6 Å². The Balaban J connectivity index is 1.62. The number of benzene rings is 1. The van der Waals surface area contributed by atoms with Crippen molar-refractivity contribution in [2.24, 2.45) is 0 Å². The third-order valence-corrected chi connectivity index (χ3v) is 6.67. The lowest BCUT2D eigenvalue weighted by molar-refractivity contribution is -0.137. The van der Waals surface area contributed by atoms with Gasteiger partial charge in [-0.3, -0.25) is 0 Å². The topological polar surface area (TPSA) is 61.3 Å². The van der Waals surface area contributed by atoms with E-state index in [1.54, 1.807) is 16.7 Å². The minimum Gasteiger partial charge on any atom is -0.353 e. The number of hydrogen-bond donors (Lipinski definition) is 0. The van der Waals surface area contributed by atoms with Gasteiger partial charge in [0.2, 0.25) is 11.9 Å². The van der Waals surface area contributed by atoms with Crippen molar-refractivity contribution in [1.82, 2.24) is 19.9 Å². The second-order valence-corrected chi connectivity index (χ2v) is 8.89. The fraction of sp³-hybridized carbons (Fsp3) is 0.417. The molecule has 1 aliphatic rings. The number of anilines is 3. The van der Waals surface area contributed by atoms with Gasteiger partial charge in [0.1, 0.15) is 5.82 Å². The molecular formula is C24H28F3N7S. The molecule has 3 aromatic rings. The number of hydrogen-bond acceptors (Lipinski definition) is 8. The van der Waals surface area contributed by atoms with Crippen LogP contribution in [0.25, 0.3) is 11.4 Å². The Morgan fingerprint density at radius 1 is 0.943 bits per heavy atom. The Bertz CT molecular complexity index is 1150. The zero-order chi connectivity index (χ0) is 25.0. The number of pyridine rings is 1. The fourth-order valence-corrected chi connectivity index (χ4v) is 4.48. The first kappa shape index (κ1) is 25.0. The van der Waals surface area contributed by atoms with Gasteiger partial charge >= 0.3 is 6.18 Å². The van der Waals surface area contributed by atoms with Crippen LogP contribution < -0.4 is 14.7 Å². The molecule has 0 saturated carbocycles. The van der Waals surface area contributed by atoms with Crippen LogP contribution >= 0.6 is 11.8 Å². The molecule has 0 radical (unpaired) electrons. The molecule has 1 aromatic carbocycles. The summed E-state index contributed by atoms with van der Waals surface area (Å²) in [4.78, 5) is 25.1. The third-order valence-electron chi connectivity index (χ3n) is 5.94. The van der Waals surface area contributed by atoms with Crippen molar-refractivity contribution in [3.63, 3.8) is 0 Å². The number of halogens is 3. The van der Waals surface area contributed by atoms with Gasteiger partial charge in [-0.15, -0.1) is 11.8 Å². The summed E-state index contributed by atoms with van der Waals surface area (Å²) in [5, 5.41) is 0. The molecule has 35 heavy (non-hydrogen) atoms. The maximum Gasteiger partial charge on any atom is 0.419 e. The second kappa shape index (κ2) is 10.7. The van der Waals surface area contributed by atoms with E-state index in [4.69, 9.17) is 15.0 Å². The highest BCUT2D eigenvalue weighted by Gasteiger charge is 2.36. The van der Waals surface area contributed by atoms with Crippen LogP contribution in [0.15, 0.2) is 47.5 Å². The lowest BCUT2D eigenvalue weighted by Crippen LogP contribution is -2.48. The van der Waals surface area contributed by atoms with Crippen LogP contribution in [0.3, 0.4) is 0 Å².